The van der Waals surface area contributed by atoms with Crippen LogP contribution in [0.1, 0.15) is 15.9 Å². The lowest BCUT2D eigenvalue weighted by Gasteiger charge is -2.07. The summed E-state index contributed by atoms with van der Waals surface area (Å²) in [5.74, 6) is 0.109. The number of carbonyl (C=O) groups is 2. The summed E-state index contributed by atoms with van der Waals surface area (Å²) < 4.78 is 2.71. The van der Waals surface area contributed by atoms with Crippen molar-refractivity contribution in [1.82, 2.24) is 25.6 Å². The fraction of sp³-hybridized carbons (Fsp3) is 0.158. The molecule has 0 saturated heterocycles. The highest BCUT2D eigenvalue weighted by molar-refractivity contribution is 9.10. The fourth-order valence-electron chi connectivity index (χ4n) is 2.44. The second-order valence-electron chi connectivity index (χ2n) is 6.03. The van der Waals surface area contributed by atoms with Crippen LogP contribution in [0.4, 0.5) is 0 Å². The summed E-state index contributed by atoms with van der Waals surface area (Å²) in [6.07, 6.45) is 0. The molecule has 0 aliphatic carbocycles. The van der Waals surface area contributed by atoms with E-state index in [1.165, 1.54) is 11.8 Å². The van der Waals surface area contributed by atoms with E-state index in [0.717, 1.165) is 21.4 Å². The molecule has 1 heterocycles. The van der Waals surface area contributed by atoms with Crippen LogP contribution in [0.15, 0.2) is 58.2 Å². The topological polar surface area (TPSA) is 88.9 Å². The number of nitrogens with one attached hydrogen (secondary N) is 2. The number of rotatable bonds is 5. The number of hydrogen-bond donors (Lipinski definition) is 2. The van der Waals surface area contributed by atoms with Crippen LogP contribution in [0.2, 0.25) is 0 Å². The van der Waals surface area contributed by atoms with Gasteiger partial charge in [0.15, 0.2) is 11.0 Å². The van der Waals surface area contributed by atoms with E-state index in [9.17, 15) is 9.59 Å². The molecule has 2 amide bonds. The molecule has 2 N–H and O–H groups in total. The van der Waals surface area contributed by atoms with E-state index in [4.69, 9.17) is 0 Å². The van der Waals surface area contributed by atoms with Crippen molar-refractivity contribution in [2.45, 2.75) is 12.1 Å². The number of nitrogens with zero attached hydrogens (tertiary/aromatic N) is 3. The predicted molar refractivity (Wildman–Crippen MR) is 112 cm³/mol. The summed E-state index contributed by atoms with van der Waals surface area (Å²) in [5, 5.41) is 8.98. The lowest BCUT2D eigenvalue weighted by Crippen LogP contribution is -2.42. The molecule has 3 aromatic rings. The molecule has 28 heavy (non-hydrogen) atoms. The van der Waals surface area contributed by atoms with Crippen molar-refractivity contribution in [1.29, 1.82) is 0 Å². The van der Waals surface area contributed by atoms with Crippen molar-refractivity contribution in [3.05, 3.63) is 64.1 Å². The number of halogens is 1. The van der Waals surface area contributed by atoms with Crippen molar-refractivity contribution in [3.63, 3.8) is 0 Å². The Morgan fingerprint density at radius 1 is 1.11 bits per heavy atom. The van der Waals surface area contributed by atoms with E-state index in [1.54, 1.807) is 24.3 Å². The van der Waals surface area contributed by atoms with Crippen LogP contribution < -0.4 is 10.9 Å². The minimum absolute atomic E-state index is 0.0976. The second-order valence-corrected chi connectivity index (χ2v) is 7.89. The molecule has 3 rings (SSSR count). The molecule has 0 spiro atoms. The number of benzene rings is 2. The van der Waals surface area contributed by atoms with Gasteiger partial charge in [0.2, 0.25) is 5.91 Å². The molecule has 0 saturated carbocycles. The van der Waals surface area contributed by atoms with Gasteiger partial charge in [0.05, 0.1) is 5.75 Å². The van der Waals surface area contributed by atoms with Gasteiger partial charge in [-0.15, -0.1) is 10.2 Å². The van der Waals surface area contributed by atoms with Crippen molar-refractivity contribution >= 4 is 39.5 Å². The molecule has 9 heteroatoms. The van der Waals surface area contributed by atoms with Crippen LogP contribution in [-0.4, -0.2) is 32.3 Å². The first-order valence-corrected chi connectivity index (χ1v) is 10.2. The molecule has 0 radical (unpaired) electrons. The lowest BCUT2D eigenvalue weighted by atomic mass is 10.1. The highest BCUT2D eigenvalue weighted by Crippen LogP contribution is 2.23. The summed E-state index contributed by atoms with van der Waals surface area (Å²) >= 11 is 4.55. The summed E-state index contributed by atoms with van der Waals surface area (Å²) in [6.45, 7) is 2.02. The van der Waals surface area contributed by atoms with Gasteiger partial charge in [0.25, 0.3) is 5.91 Å². The number of thioether (sulfide) groups is 1. The Morgan fingerprint density at radius 2 is 1.86 bits per heavy atom. The first-order valence-electron chi connectivity index (χ1n) is 8.38. The molecule has 0 bridgehead atoms. The van der Waals surface area contributed by atoms with Gasteiger partial charge >= 0.3 is 0 Å². The summed E-state index contributed by atoms with van der Waals surface area (Å²) in [6, 6.07) is 14.8. The van der Waals surface area contributed by atoms with Gasteiger partial charge in [-0.05, 0) is 37.3 Å². The molecule has 0 unspecified atom stereocenters. The molecular weight excluding hydrogens is 442 g/mol. The van der Waals surface area contributed by atoms with Crippen molar-refractivity contribution in [2.75, 3.05) is 5.75 Å². The van der Waals surface area contributed by atoms with Crippen LogP contribution in [0.5, 0.6) is 0 Å². The van der Waals surface area contributed by atoms with Crippen LogP contribution in [-0.2, 0) is 11.8 Å². The minimum atomic E-state index is -0.383. The largest absolute Gasteiger partial charge is 0.305 e. The zero-order chi connectivity index (χ0) is 20.1. The van der Waals surface area contributed by atoms with Crippen molar-refractivity contribution < 1.29 is 9.59 Å². The number of carbonyl (C=O) groups excluding carboxylic acids is 2. The fourth-order valence-corrected chi connectivity index (χ4v) is 3.42. The lowest BCUT2D eigenvalue weighted by molar-refractivity contribution is -0.119. The third kappa shape index (κ3) is 4.99. The Kier molecular flexibility index (Phi) is 6.48. The molecule has 2 aromatic carbocycles. The Labute approximate surface area is 175 Å². The second kappa shape index (κ2) is 9.03. The van der Waals surface area contributed by atoms with E-state index in [1.807, 2.05) is 42.8 Å². The van der Waals surface area contributed by atoms with Crippen LogP contribution in [0.3, 0.4) is 0 Å². The van der Waals surface area contributed by atoms with Gasteiger partial charge in [-0.2, -0.15) is 0 Å². The maximum atomic E-state index is 12.0. The number of aryl methyl sites for hydroxylation is 1. The molecular formula is C19H18BrN5O2S. The smallest absolute Gasteiger partial charge is 0.269 e. The number of hydrogen-bond acceptors (Lipinski definition) is 5. The zero-order valence-corrected chi connectivity index (χ0v) is 17.7. The summed E-state index contributed by atoms with van der Waals surface area (Å²) in [5.41, 5.74) is 7.35. The average Bonchev–Trinajstić information content (AvgIpc) is 3.05. The third-order valence-electron chi connectivity index (χ3n) is 3.87. The van der Waals surface area contributed by atoms with Gasteiger partial charge in [-0.25, -0.2) is 0 Å². The van der Waals surface area contributed by atoms with Crippen molar-refractivity contribution in [3.8, 4) is 11.4 Å². The molecule has 144 valence electrons. The van der Waals surface area contributed by atoms with E-state index >= 15 is 0 Å². The Bertz CT molecular complexity index is 1000. The number of amides is 2. The number of aromatic nitrogens is 3. The Morgan fingerprint density at radius 3 is 2.57 bits per heavy atom. The standard InChI is InChI=1S/C19H18BrN5O2S/c1-12-4-3-5-14(10-12)17-22-24-19(25(17)2)28-11-16(26)21-23-18(27)13-6-8-15(20)9-7-13/h3-10H,11H2,1-2H3,(H,21,26)(H,23,27). The average molecular weight is 460 g/mol. The quantitative estimate of drug-likeness (QED) is 0.451. The van der Waals surface area contributed by atoms with E-state index in [-0.39, 0.29) is 17.6 Å². The van der Waals surface area contributed by atoms with E-state index < -0.39 is 0 Å². The Balaban J connectivity index is 1.53. The molecule has 0 atom stereocenters. The van der Waals surface area contributed by atoms with Gasteiger partial charge in [-0.3, -0.25) is 20.4 Å². The zero-order valence-electron chi connectivity index (χ0n) is 15.3. The van der Waals surface area contributed by atoms with Gasteiger partial charge in [-0.1, -0.05) is 51.5 Å². The highest BCUT2D eigenvalue weighted by Gasteiger charge is 2.13. The van der Waals surface area contributed by atoms with E-state index in [2.05, 4.69) is 37.0 Å². The van der Waals surface area contributed by atoms with E-state index in [0.29, 0.717) is 10.7 Å². The molecule has 0 fully saturated rings. The maximum absolute atomic E-state index is 12.0. The van der Waals surface area contributed by atoms with Crippen LogP contribution in [0, 0.1) is 6.92 Å². The van der Waals surface area contributed by atoms with Gasteiger partial charge < -0.3 is 4.57 Å². The first-order chi connectivity index (χ1) is 13.4. The monoisotopic (exact) mass is 459 g/mol. The molecule has 1 aromatic heterocycles. The predicted octanol–water partition coefficient (Wildman–Crippen LogP) is 3.11. The normalized spacial score (nSPS) is 10.5. The Hall–Kier alpha value is -2.65. The SMILES string of the molecule is Cc1cccc(-c2nnc(SCC(=O)NNC(=O)c3ccc(Br)cc3)n2C)c1. The molecule has 0 aliphatic rings. The third-order valence-corrected chi connectivity index (χ3v) is 5.41. The first kappa shape index (κ1) is 20.1. The minimum Gasteiger partial charge on any atom is -0.305 e. The highest BCUT2D eigenvalue weighted by atomic mass is 79.9. The summed E-state index contributed by atoms with van der Waals surface area (Å²) in [4.78, 5) is 24.0. The molecule has 7 nitrogen and oxygen atoms in total. The maximum Gasteiger partial charge on any atom is 0.269 e. The van der Waals surface area contributed by atoms with Crippen molar-refractivity contribution in [2.24, 2.45) is 7.05 Å². The van der Waals surface area contributed by atoms with Gasteiger partial charge in [0.1, 0.15) is 0 Å². The number of hydrazine groups is 1. The van der Waals surface area contributed by atoms with Crippen LogP contribution in [0.25, 0.3) is 11.4 Å². The van der Waals surface area contributed by atoms with Crippen LogP contribution >= 0.6 is 27.7 Å². The van der Waals surface area contributed by atoms with Gasteiger partial charge in [0, 0.05) is 22.6 Å². The summed E-state index contributed by atoms with van der Waals surface area (Å²) in [7, 11) is 1.85. The molecule has 0 aliphatic heterocycles.